The van der Waals surface area contributed by atoms with Gasteiger partial charge in [0.15, 0.2) is 0 Å². The van der Waals surface area contributed by atoms with Gasteiger partial charge >= 0.3 is 0 Å². The van der Waals surface area contributed by atoms with Crippen molar-refractivity contribution in [2.45, 2.75) is 19.3 Å². The molecule has 0 unspecified atom stereocenters. The van der Waals surface area contributed by atoms with Gasteiger partial charge in [0, 0.05) is 18.8 Å². The molecule has 1 fully saturated rings. The van der Waals surface area contributed by atoms with Crippen LogP contribution in [0.4, 0.5) is 10.1 Å². The van der Waals surface area contributed by atoms with Gasteiger partial charge in [0.2, 0.25) is 0 Å². The fraction of sp³-hybridized carbons (Fsp3) is 0.385. The van der Waals surface area contributed by atoms with E-state index in [-0.39, 0.29) is 5.82 Å². The Hall–Kier alpha value is -1.51. The van der Waals surface area contributed by atoms with Crippen molar-refractivity contribution in [3.05, 3.63) is 36.2 Å². The predicted molar refractivity (Wildman–Crippen MR) is 65.7 cm³/mol. The van der Waals surface area contributed by atoms with E-state index in [1.54, 1.807) is 6.07 Å². The molecular weight excluding hydrogens is 203 g/mol. The van der Waals surface area contributed by atoms with Crippen molar-refractivity contribution in [2.75, 3.05) is 18.0 Å². The highest BCUT2D eigenvalue weighted by Crippen LogP contribution is 2.25. The van der Waals surface area contributed by atoms with Crippen LogP contribution in [0.15, 0.2) is 24.8 Å². The van der Waals surface area contributed by atoms with E-state index in [4.69, 9.17) is 5.73 Å². The Morgan fingerprint density at radius 2 is 1.94 bits per heavy atom. The minimum atomic E-state index is -0.203. The maximum atomic E-state index is 13.9. The van der Waals surface area contributed by atoms with Crippen molar-refractivity contribution in [1.82, 2.24) is 0 Å². The summed E-state index contributed by atoms with van der Waals surface area (Å²) in [6, 6.07) is 5.09. The molecule has 16 heavy (non-hydrogen) atoms. The van der Waals surface area contributed by atoms with Crippen molar-refractivity contribution in [3.8, 4) is 0 Å². The number of piperidine rings is 1. The van der Waals surface area contributed by atoms with E-state index in [0.29, 0.717) is 16.9 Å². The minimum Gasteiger partial charge on any atom is -0.399 e. The molecular formula is C13H17FN2. The molecule has 1 aromatic rings. The van der Waals surface area contributed by atoms with Crippen molar-refractivity contribution in [3.63, 3.8) is 0 Å². The van der Waals surface area contributed by atoms with Crippen LogP contribution in [0.2, 0.25) is 0 Å². The molecule has 1 aliphatic rings. The Kier molecular flexibility index (Phi) is 3.13. The minimum absolute atomic E-state index is 0.203. The van der Waals surface area contributed by atoms with Crippen molar-refractivity contribution in [1.29, 1.82) is 0 Å². The summed E-state index contributed by atoms with van der Waals surface area (Å²) in [5.41, 5.74) is 7.29. The van der Waals surface area contributed by atoms with E-state index < -0.39 is 0 Å². The van der Waals surface area contributed by atoms with Gasteiger partial charge in [0.25, 0.3) is 0 Å². The zero-order chi connectivity index (χ0) is 11.5. The molecule has 0 aliphatic carbocycles. The highest BCUT2D eigenvalue weighted by Gasteiger charge is 2.14. The summed E-state index contributed by atoms with van der Waals surface area (Å²) >= 11 is 0. The van der Waals surface area contributed by atoms with Gasteiger partial charge in [-0.05, 0) is 37.0 Å². The molecule has 2 nitrogen and oxygen atoms in total. The summed E-state index contributed by atoms with van der Waals surface area (Å²) in [5.74, 6) is -0.203. The zero-order valence-electron chi connectivity index (χ0n) is 9.38. The molecule has 2 N–H and O–H groups in total. The van der Waals surface area contributed by atoms with E-state index in [1.165, 1.54) is 12.5 Å². The maximum Gasteiger partial charge on any atom is 0.147 e. The Balaban J connectivity index is 2.24. The largest absolute Gasteiger partial charge is 0.399 e. The van der Waals surface area contributed by atoms with E-state index in [2.05, 4.69) is 11.5 Å². The monoisotopic (exact) mass is 220 g/mol. The number of hydrogen-bond acceptors (Lipinski definition) is 2. The maximum absolute atomic E-state index is 13.9. The van der Waals surface area contributed by atoms with E-state index >= 15 is 0 Å². The summed E-state index contributed by atoms with van der Waals surface area (Å²) in [4.78, 5) is 2.10. The molecule has 0 radical (unpaired) electrons. The zero-order valence-corrected chi connectivity index (χ0v) is 9.38. The summed E-state index contributed by atoms with van der Waals surface area (Å²) in [6.45, 7) is 5.49. The molecule has 0 spiro atoms. The van der Waals surface area contributed by atoms with E-state index in [0.717, 1.165) is 25.9 Å². The van der Waals surface area contributed by atoms with Gasteiger partial charge in [0.05, 0.1) is 5.69 Å². The van der Waals surface area contributed by atoms with Gasteiger partial charge in [-0.1, -0.05) is 12.6 Å². The molecule has 0 aromatic heterocycles. The number of anilines is 1. The van der Waals surface area contributed by atoms with Crippen molar-refractivity contribution >= 4 is 11.4 Å². The fourth-order valence-electron chi connectivity index (χ4n) is 2.10. The molecule has 2 rings (SSSR count). The number of nitrogens with zero attached hydrogens (tertiary/aromatic N) is 1. The molecule has 3 heteroatoms. The first-order chi connectivity index (χ1) is 7.68. The third-order valence-electron chi connectivity index (χ3n) is 3.02. The van der Waals surface area contributed by atoms with Crippen LogP contribution < -0.4 is 10.6 Å². The second-order valence-corrected chi connectivity index (χ2v) is 4.24. The van der Waals surface area contributed by atoms with Gasteiger partial charge in [0.1, 0.15) is 5.82 Å². The van der Waals surface area contributed by atoms with Gasteiger partial charge in [-0.25, -0.2) is 4.39 Å². The van der Waals surface area contributed by atoms with Crippen LogP contribution in [-0.4, -0.2) is 13.1 Å². The first kappa shape index (κ1) is 11.0. The van der Waals surface area contributed by atoms with Crippen LogP contribution >= 0.6 is 0 Å². The van der Waals surface area contributed by atoms with E-state index in [1.807, 2.05) is 6.07 Å². The Morgan fingerprint density at radius 1 is 1.25 bits per heavy atom. The molecule has 0 bridgehead atoms. The predicted octanol–water partition coefficient (Wildman–Crippen LogP) is 2.75. The SMILES string of the molecule is C=C(N)c1ccc(N2CCCCC2)c(F)c1. The molecule has 1 aliphatic heterocycles. The average molecular weight is 220 g/mol. The number of halogens is 1. The number of nitrogens with two attached hydrogens (primary N) is 1. The lowest BCUT2D eigenvalue weighted by molar-refractivity contribution is 0.557. The van der Waals surface area contributed by atoms with Crippen LogP contribution in [-0.2, 0) is 0 Å². The fourth-order valence-corrected chi connectivity index (χ4v) is 2.10. The standard InChI is InChI=1S/C13H17FN2/c1-10(15)11-5-6-13(12(14)9-11)16-7-3-2-4-8-16/h5-6,9H,1-4,7-8,15H2. The van der Waals surface area contributed by atoms with Gasteiger partial charge in [-0.2, -0.15) is 0 Å². The smallest absolute Gasteiger partial charge is 0.147 e. The average Bonchev–Trinajstić information content (AvgIpc) is 2.30. The molecule has 0 amide bonds. The lowest BCUT2D eigenvalue weighted by Gasteiger charge is -2.29. The second kappa shape index (κ2) is 4.56. The third kappa shape index (κ3) is 2.18. The Morgan fingerprint density at radius 3 is 2.50 bits per heavy atom. The third-order valence-corrected chi connectivity index (χ3v) is 3.02. The van der Waals surface area contributed by atoms with Gasteiger partial charge < -0.3 is 10.6 Å². The second-order valence-electron chi connectivity index (χ2n) is 4.24. The van der Waals surface area contributed by atoms with Crippen molar-refractivity contribution < 1.29 is 4.39 Å². The molecule has 1 aromatic carbocycles. The summed E-state index contributed by atoms with van der Waals surface area (Å²) in [5, 5.41) is 0. The Labute approximate surface area is 95.6 Å². The molecule has 1 heterocycles. The number of rotatable bonds is 2. The highest BCUT2D eigenvalue weighted by molar-refractivity contribution is 5.63. The van der Waals surface area contributed by atoms with Gasteiger partial charge in [-0.3, -0.25) is 0 Å². The number of hydrogen-bond donors (Lipinski definition) is 1. The summed E-state index contributed by atoms with van der Waals surface area (Å²) in [7, 11) is 0. The van der Waals surface area contributed by atoms with Crippen LogP contribution in [0, 0.1) is 5.82 Å². The normalized spacial score (nSPS) is 16.2. The summed E-state index contributed by atoms with van der Waals surface area (Å²) < 4.78 is 13.9. The van der Waals surface area contributed by atoms with Gasteiger partial charge in [-0.15, -0.1) is 0 Å². The summed E-state index contributed by atoms with van der Waals surface area (Å²) in [6.07, 6.45) is 3.53. The number of benzene rings is 1. The van der Waals surface area contributed by atoms with Crippen LogP contribution in [0.3, 0.4) is 0 Å². The van der Waals surface area contributed by atoms with Crippen molar-refractivity contribution in [2.24, 2.45) is 5.73 Å². The molecule has 86 valence electrons. The van der Waals surface area contributed by atoms with Crippen LogP contribution in [0.1, 0.15) is 24.8 Å². The van der Waals surface area contributed by atoms with Crippen LogP contribution in [0.5, 0.6) is 0 Å². The van der Waals surface area contributed by atoms with E-state index in [9.17, 15) is 4.39 Å². The lowest BCUT2D eigenvalue weighted by atomic mass is 10.1. The van der Waals surface area contributed by atoms with Crippen LogP contribution in [0.25, 0.3) is 5.70 Å². The molecule has 0 atom stereocenters. The lowest BCUT2D eigenvalue weighted by Crippen LogP contribution is -2.30. The quantitative estimate of drug-likeness (QED) is 0.830. The first-order valence-corrected chi connectivity index (χ1v) is 5.68. The highest BCUT2D eigenvalue weighted by atomic mass is 19.1. The molecule has 1 saturated heterocycles. The molecule has 0 saturated carbocycles. The Bertz CT molecular complexity index is 395. The first-order valence-electron chi connectivity index (χ1n) is 5.68. The topological polar surface area (TPSA) is 29.3 Å².